The van der Waals surface area contributed by atoms with E-state index in [1.165, 1.54) is 0 Å². The van der Waals surface area contributed by atoms with Gasteiger partial charge < -0.3 is 14.5 Å². The van der Waals surface area contributed by atoms with Crippen LogP contribution in [0.3, 0.4) is 0 Å². The number of carbonyl (C=O) groups is 2. The molecule has 0 spiro atoms. The van der Waals surface area contributed by atoms with Gasteiger partial charge in [0, 0.05) is 32.1 Å². The third-order valence-corrected chi connectivity index (χ3v) is 4.02. The van der Waals surface area contributed by atoms with Crippen LogP contribution in [0.5, 0.6) is 0 Å². The minimum atomic E-state index is -0.456. The highest BCUT2D eigenvalue weighted by atomic mass is 16.6. The molecule has 114 valence electrons. The van der Waals surface area contributed by atoms with Crippen molar-refractivity contribution in [1.82, 2.24) is 9.80 Å². The van der Waals surface area contributed by atoms with E-state index >= 15 is 0 Å². The van der Waals surface area contributed by atoms with E-state index in [1.807, 2.05) is 25.7 Å². The number of carbonyl (C=O) groups excluding carboxylic acids is 2. The number of nitrogens with zero attached hydrogens (tertiary/aromatic N) is 2. The van der Waals surface area contributed by atoms with Crippen LogP contribution in [0.25, 0.3) is 0 Å². The Labute approximate surface area is 121 Å². The predicted molar refractivity (Wildman–Crippen MR) is 76.3 cm³/mol. The summed E-state index contributed by atoms with van der Waals surface area (Å²) in [6.45, 7) is 9.97. The van der Waals surface area contributed by atoms with Gasteiger partial charge in [0.05, 0.1) is 0 Å². The number of amides is 2. The Balaban J connectivity index is 1.92. The lowest BCUT2D eigenvalue weighted by Crippen LogP contribution is -2.52. The fourth-order valence-corrected chi connectivity index (χ4v) is 3.11. The molecule has 2 saturated heterocycles. The summed E-state index contributed by atoms with van der Waals surface area (Å²) < 4.78 is 5.41. The third-order valence-electron chi connectivity index (χ3n) is 4.02. The molecule has 0 N–H and O–H groups in total. The molecule has 2 amide bonds. The van der Waals surface area contributed by atoms with Crippen molar-refractivity contribution in [2.24, 2.45) is 5.92 Å². The van der Waals surface area contributed by atoms with Crippen LogP contribution in [-0.2, 0) is 9.53 Å². The van der Waals surface area contributed by atoms with Crippen LogP contribution in [0.15, 0.2) is 0 Å². The molecule has 2 atom stereocenters. The summed E-state index contributed by atoms with van der Waals surface area (Å²) in [4.78, 5) is 27.7. The van der Waals surface area contributed by atoms with E-state index in [0.29, 0.717) is 25.4 Å². The van der Waals surface area contributed by atoms with Crippen LogP contribution < -0.4 is 0 Å². The van der Waals surface area contributed by atoms with Crippen molar-refractivity contribution in [1.29, 1.82) is 0 Å². The summed E-state index contributed by atoms with van der Waals surface area (Å²) in [5.41, 5.74) is -0.456. The number of ether oxygens (including phenoxy) is 1. The maximum absolute atomic E-state index is 12.1. The minimum Gasteiger partial charge on any atom is -0.444 e. The second-order valence-corrected chi connectivity index (χ2v) is 6.95. The first-order valence-electron chi connectivity index (χ1n) is 7.55. The van der Waals surface area contributed by atoms with Crippen LogP contribution in [0.4, 0.5) is 4.79 Å². The Bertz CT molecular complexity index is 389. The highest BCUT2D eigenvalue weighted by molar-refractivity contribution is 5.78. The highest BCUT2D eigenvalue weighted by Crippen LogP contribution is 2.27. The molecule has 2 heterocycles. The second-order valence-electron chi connectivity index (χ2n) is 6.95. The number of hydrogen-bond acceptors (Lipinski definition) is 3. The molecule has 0 bridgehead atoms. The van der Waals surface area contributed by atoms with Crippen LogP contribution in [-0.4, -0.2) is 53.1 Å². The van der Waals surface area contributed by atoms with Gasteiger partial charge in [-0.1, -0.05) is 6.92 Å². The zero-order chi connectivity index (χ0) is 14.9. The minimum absolute atomic E-state index is 0.240. The molecule has 2 aliphatic heterocycles. The van der Waals surface area contributed by atoms with E-state index in [0.717, 1.165) is 19.4 Å². The molecule has 2 rings (SSSR count). The second kappa shape index (κ2) is 5.62. The summed E-state index contributed by atoms with van der Waals surface area (Å²) in [6.07, 6.45) is 2.26. The van der Waals surface area contributed by atoms with E-state index in [1.54, 1.807) is 4.90 Å². The number of likely N-dealkylation sites (tertiary alicyclic amines) is 2. The first-order valence-corrected chi connectivity index (χ1v) is 7.55. The van der Waals surface area contributed by atoms with Gasteiger partial charge in [0.2, 0.25) is 5.91 Å². The predicted octanol–water partition coefficient (Wildman–Crippen LogP) is 2.25. The largest absolute Gasteiger partial charge is 0.444 e. The molecule has 0 radical (unpaired) electrons. The smallest absolute Gasteiger partial charge is 0.410 e. The molecule has 0 aliphatic carbocycles. The highest BCUT2D eigenvalue weighted by Gasteiger charge is 2.37. The normalized spacial score (nSPS) is 27.9. The zero-order valence-corrected chi connectivity index (χ0v) is 13.0. The first kappa shape index (κ1) is 15.1. The maximum Gasteiger partial charge on any atom is 0.410 e. The molecular weight excluding hydrogens is 256 g/mol. The van der Waals surface area contributed by atoms with E-state index in [2.05, 4.69) is 6.92 Å². The number of piperidine rings is 1. The van der Waals surface area contributed by atoms with E-state index in [-0.39, 0.29) is 18.0 Å². The van der Waals surface area contributed by atoms with Gasteiger partial charge in [0.25, 0.3) is 0 Å². The fraction of sp³-hybridized carbons (Fsp3) is 0.867. The molecule has 2 fully saturated rings. The molecule has 20 heavy (non-hydrogen) atoms. The van der Waals surface area contributed by atoms with Gasteiger partial charge in [-0.25, -0.2) is 4.79 Å². The fourth-order valence-electron chi connectivity index (χ4n) is 3.11. The van der Waals surface area contributed by atoms with Crippen LogP contribution in [0, 0.1) is 5.92 Å². The average Bonchev–Trinajstić information content (AvgIpc) is 2.73. The molecular formula is C15H26N2O3. The van der Waals surface area contributed by atoms with Crippen molar-refractivity contribution in [3.8, 4) is 0 Å². The molecule has 0 saturated carbocycles. The SMILES string of the molecule is C[C@@H]1CN(C(=O)OC(C)(C)C)CC[C@@H]1N1CCCC1=O. The summed E-state index contributed by atoms with van der Waals surface area (Å²) in [7, 11) is 0. The zero-order valence-electron chi connectivity index (χ0n) is 13.0. The van der Waals surface area contributed by atoms with Gasteiger partial charge >= 0.3 is 6.09 Å². The molecule has 5 nitrogen and oxygen atoms in total. The van der Waals surface area contributed by atoms with Gasteiger partial charge in [-0.2, -0.15) is 0 Å². The van der Waals surface area contributed by atoms with E-state index < -0.39 is 5.60 Å². The van der Waals surface area contributed by atoms with Crippen LogP contribution >= 0.6 is 0 Å². The number of hydrogen-bond donors (Lipinski definition) is 0. The van der Waals surface area contributed by atoms with Gasteiger partial charge in [-0.3, -0.25) is 4.79 Å². The summed E-state index contributed by atoms with van der Waals surface area (Å²) in [5, 5.41) is 0. The lowest BCUT2D eigenvalue weighted by molar-refractivity contribution is -0.131. The van der Waals surface area contributed by atoms with Crippen molar-refractivity contribution in [2.45, 2.75) is 58.6 Å². The van der Waals surface area contributed by atoms with Crippen LogP contribution in [0.1, 0.15) is 47.0 Å². The molecule has 5 heteroatoms. The molecule has 0 aromatic rings. The Morgan fingerprint density at radius 3 is 2.50 bits per heavy atom. The van der Waals surface area contributed by atoms with Crippen LogP contribution in [0.2, 0.25) is 0 Å². The Kier molecular flexibility index (Phi) is 4.25. The lowest BCUT2D eigenvalue weighted by Gasteiger charge is -2.41. The summed E-state index contributed by atoms with van der Waals surface area (Å²) in [5.74, 6) is 0.575. The van der Waals surface area contributed by atoms with E-state index in [4.69, 9.17) is 4.74 Å². The van der Waals surface area contributed by atoms with Crippen molar-refractivity contribution < 1.29 is 14.3 Å². The molecule has 0 aromatic carbocycles. The van der Waals surface area contributed by atoms with Crippen molar-refractivity contribution in [3.63, 3.8) is 0 Å². The van der Waals surface area contributed by atoms with Crippen molar-refractivity contribution in [3.05, 3.63) is 0 Å². The maximum atomic E-state index is 12.1. The quantitative estimate of drug-likeness (QED) is 0.741. The van der Waals surface area contributed by atoms with Crippen molar-refractivity contribution in [2.75, 3.05) is 19.6 Å². The summed E-state index contributed by atoms with van der Waals surface area (Å²) >= 11 is 0. The summed E-state index contributed by atoms with van der Waals surface area (Å²) in [6, 6.07) is 0.281. The monoisotopic (exact) mass is 282 g/mol. The van der Waals surface area contributed by atoms with Gasteiger partial charge in [0.1, 0.15) is 5.60 Å². The Hall–Kier alpha value is -1.26. The standard InChI is InChI=1S/C15H26N2O3/c1-11-10-16(14(19)20-15(2,3)4)9-7-12(11)17-8-5-6-13(17)18/h11-12H,5-10H2,1-4H3/t11-,12+/m1/s1. The van der Waals surface area contributed by atoms with Gasteiger partial charge in [-0.15, -0.1) is 0 Å². The molecule has 2 aliphatic rings. The van der Waals surface area contributed by atoms with Gasteiger partial charge in [0.15, 0.2) is 0 Å². The Morgan fingerprint density at radius 2 is 2.00 bits per heavy atom. The molecule has 0 aromatic heterocycles. The average molecular weight is 282 g/mol. The third kappa shape index (κ3) is 3.44. The topological polar surface area (TPSA) is 49.9 Å². The first-order chi connectivity index (χ1) is 9.28. The molecule has 0 unspecified atom stereocenters. The van der Waals surface area contributed by atoms with Crippen molar-refractivity contribution >= 4 is 12.0 Å². The lowest BCUT2D eigenvalue weighted by atomic mass is 9.93. The Morgan fingerprint density at radius 1 is 1.30 bits per heavy atom. The van der Waals surface area contributed by atoms with E-state index in [9.17, 15) is 9.59 Å². The number of rotatable bonds is 1. The van der Waals surface area contributed by atoms with Gasteiger partial charge in [-0.05, 0) is 39.5 Å².